The zero-order valence-corrected chi connectivity index (χ0v) is 12.4. The Morgan fingerprint density at radius 3 is 2.48 bits per heavy atom. The number of anilines is 3. The van der Waals surface area contributed by atoms with Crippen LogP contribution in [0.5, 0.6) is 0 Å². The van der Waals surface area contributed by atoms with Crippen molar-refractivity contribution in [3.05, 3.63) is 40.0 Å². The number of rotatable bonds is 3. The normalized spacial score (nSPS) is 11.3. The fraction of sp³-hybridized carbons (Fsp3) is 0.167. The largest absolute Gasteiger partial charge is 0.433 e. The van der Waals surface area contributed by atoms with Crippen LogP contribution < -0.4 is 16.6 Å². The van der Waals surface area contributed by atoms with Crippen LogP contribution in [0.4, 0.5) is 30.6 Å². The Bertz CT molecular complexity index is 660. The molecule has 0 bridgehead atoms. The van der Waals surface area contributed by atoms with Crippen LogP contribution in [0.25, 0.3) is 0 Å². The number of aryl methyl sites for hydroxylation is 1. The van der Waals surface area contributed by atoms with Crippen molar-refractivity contribution in [1.82, 2.24) is 9.97 Å². The Kier molecular flexibility index (Phi) is 4.33. The zero-order chi connectivity index (χ0) is 15.6. The Morgan fingerprint density at radius 1 is 1.19 bits per heavy atom. The molecule has 0 unspecified atom stereocenters. The van der Waals surface area contributed by atoms with Crippen LogP contribution in [0.15, 0.2) is 28.7 Å². The second-order valence-corrected chi connectivity index (χ2v) is 5.05. The predicted octanol–water partition coefficient (Wildman–Crippen LogP) is 3.60. The van der Waals surface area contributed by atoms with Crippen molar-refractivity contribution in [3.63, 3.8) is 0 Å². The van der Waals surface area contributed by atoms with Crippen LogP contribution in [0.3, 0.4) is 0 Å². The molecular formula is C12H11BrF3N5. The van der Waals surface area contributed by atoms with Gasteiger partial charge in [0.1, 0.15) is 5.82 Å². The summed E-state index contributed by atoms with van der Waals surface area (Å²) in [6, 6.07) is 6.10. The third kappa shape index (κ3) is 3.82. The maximum Gasteiger partial charge on any atom is 0.433 e. The minimum atomic E-state index is -4.58. The number of nitrogens with two attached hydrogens (primary N) is 1. The molecule has 0 aliphatic carbocycles. The number of alkyl halides is 3. The molecule has 9 heteroatoms. The van der Waals surface area contributed by atoms with Gasteiger partial charge in [0.05, 0.1) is 0 Å². The first-order valence-corrected chi connectivity index (χ1v) is 6.55. The van der Waals surface area contributed by atoms with Gasteiger partial charge in [-0.1, -0.05) is 22.0 Å². The van der Waals surface area contributed by atoms with E-state index in [9.17, 15) is 13.2 Å². The molecule has 0 fully saturated rings. The van der Waals surface area contributed by atoms with Crippen molar-refractivity contribution < 1.29 is 13.2 Å². The van der Waals surface area contributed by atoms with Crippen LogP contribution in [-0.4, -0.2) is 9.97 Å². The molecule has 0 saturated carbocycles. The maximum atomic E-state index is 12.7. The first-order chi connectivity index (χ1) is 9.79. The molecule has 0 aliphatic heterocycles. The number of nitrogens with one attached hydrogen (secondary N) is 2. The van der Waals surface area contributed by atoms with Gasteiger partial charge >= 0.3 is 6.18 Å². The van der Waals surface area contributed by atoms with E-state index in [1.165, 1.54) is 0 Å². The number of hydrogen-bond acceptors (Lipinski definition) is 5. The number of halogens is 4. The number of nitrogen functional groups attached to an aromatic ring is 1. The van der Waals surface area contributed by atoms with E-state index in [2.05, 4.69) is 31.2 Å². The van der Waals surface area contributed by atoms with Crippen molar-refractivity contribution >= 4 is 33.4 Å². The summed E-state index contributed by atoms with van der Waals surface area (Å²) in [4.78, 5) is 7.11. The molecule has 112 valence electrons. The van der Waals surface area contributed by atoms with E-state index in [0.29, 0.717) is 5.69 Å². The third-order valence-corrected chi connectivity index (χ3v) is 3.44. The number of hydrogen-bond donors (Lipinski definition) is 3. The van der Waals surface area contributed by atoms with Gasteiger partial charge in [-0.2, -0.15) is 18.2 Å². The van der Waals surface area contributed by atoms with E-state index in [-0.39, 0.29) is 11.8 Å². The average Bonchev–Trinajstić information content (AvgIpc) is 2.41. The van der Waals surface area contributed by atoms with Gasteiger partial charge in [-0.05, 0) is 24.6 Å². The SMILES string of the molecule is Cc1ccc(Nc2cc(C(F)(F)F)nc(NN)n2)cc1Br. The third-order valence-electron chi connectivity index (χ3n) is 2.59. The number of nitrogens with zero attached hydrogens (tertiary/aromatic N) is 2. The summed E-state index contributed by atoms with van der Waals surface area (Å²) >= 11 is 3.35. The van der Waals surface area contributed by atoms with E-state index in [1.54, 1.807) is 12.1 Å². The first-order valence-electron chi connectivity index (χ1n) is 5.75. The molecule has 2 rings (SSSR count). The van der Waals surface area contributed by atoms with E-state index in [0.717, 1.165) is 16.1 Å². The highest BCUT2D eigenvalue weighted by molar-refractivity contribution is 9.10. The van der Waals surface area contributed by atoms with Crippen LogP contribution >= 0.6 is 15.9 Å². The minimum absolute atomic E-state index is 0.0129. The summed E-state index contributed by atoms with van der Waals surface area (Å²) in [7, 11) is 0. The number of aromatic nitrogens is 2. The molecule has 1 heterocycles. The van der Waals surface area contributed by atoms with E-state index in [4.69, 9.17) is 5.84 Å². The molecule has 1 aromatic heterocycles. The van der Waals surface area contributed by atoms with Gasteiger partial charge in [-0.3, -0.25) is 5.43 Å². The lowest BCUT2D eigenvalue weighted by Gasteiger charge is -2.12. The molecule has 5 nitrogen and oxygen atoms in total. The lowest BCUT2D eigenvalue weighted by molar-refractivity contribution is -0.141. The number of benzene rings is 1. The molecule has 21 heavy (non-hydrogen) atoms. The summed E-state index contributed by atoms with van der Waals surface area (Å²) in [5.74, 6) is 4.76. The van der Waals surface area contributed by atoms with E-state index >= 15 is 0 Å². The van der Waals surface area contributed by atoms with Crippen LogP contribution in [-0.2, 0) is 6.18 Å². The summed E-state index contributed by atoms with van der Waals surface area (Å²) in [5.41, 5.74) is 2.52. The zero-order valence-electron chi connectivity index (χ0n) is 10.8. The Balaban J connectivity index is 2.36. The molecular weight excluding hydrogens is 351 g/mol. The lowest BCUT2D eigenvalue weighted by atomic mass is 10.2. The molecule has 0 saturated heterocycles. The molecule has 2 aromatic rings. The highest BCUT2D eigenvalue weighted by Gasteiger charge is 2.33. The topological polar surface area (TPSA) is 75.9 Å². The van der Waals surface area contributed by atoms with Crippen molar-refractivity contribution in [1.29, 1.82) is 0 Å². The maximum absolute atomic E-state index is 12.7. The predicted molar refractivity (Wildman–Crippen MR) is 77.0 cm³/mol. The van der Waals surface area contributed by atoms with Crippen molar-refractivity contribution in [2.75, 3.05) is 10.7 Å². The molecule has 0 radical (unpaired) electrons. The first kappa shape index (κ1) is 15.5. The molecule has 0 aliphatic rings. The number of hydrazine groups is 1. The van der Waals surface area contributed by atoms with Crippen LogP contribution in [0.2, 0.25) is 0 Å². The van der Waals surface area contributed by atoms with Crippen molar-refractivity contribution in [2.24, 2.45) is 5.84 Å². The molecule has 1 aromatic carbocycles. The monoisotopic (exact) mass is 361 g/mol. The Labute approximate surface area is 126 Å². The van der Waals surface area contributed by atoms with Gasteiger partial charge in [-0.15, -0.1) is 0 Å². The lowest BCUT2D eigenvalue weighted by Crippen LogP contribution is -2.16. The highest BCUT2D eigenvalue weighted by Crippen LogP contribution is 2.30. The van der Waals surface area contributed by atoms with Gasteiger partial charge < -0.3 is 5.32 Å². The summed E-state index contributed by atoms with van der Waals surface area (Å²) < 4.78 is 39.1. The molecule has 0 amide bonds. The summed E-state index contributed by atoms with van der Waals surface area (Å²) in [5, 5.41) is 2.78. The van der Waals surface area contributed by atoms with Gasteiger partial charge in [0.15, 0.2) is 5.69 Å². The summed E-state index contributed by atoms with van der Waals surface area (Å²) in [6.45, 7) is 1.90. The average molecular weight is 362 g/mol. The quantitative estimate of drug-likeness (QED) is 0.575. The Morgan fingerprint density at radius 2 is 1.90 bits per heavy atom. The van der Waals surface area contributed by atoms with Crippen molar-refractivity contribution in [2.45, 2.75) is 13.1 Å². The molecule has 0 atom stereocenters. The fourth-order valence-electron chi connectivity index (χ4n) is 1.54. The fourth-order valence-corrected chi connectivity index (χ4v) is 1.92. The van der Waals surface area contributed by atoms with Gasteiger partial charge in [0.2, 0.25) is 5.95 Å². The second-order valence-electron chi connectivity index (χ2n) is 4.19. The molecule has 0 spiro atoms. The van der Waals surface area contributed by atoms with E-state index < -0.39 is 11.9 Å². The van der Waals surface area contributed by atoms with Crippen molar-refractivity contribution in [3.8, 4) is 0 Å². The standard InChI is InChI=1S/C12H11BrF3N5/c1-6-2-3-7(4-8(6)13)18-10-5-9(12(14,15)16)19-11(20-10)21-17/h2-5H,17H2,1H3,(H2,18,19,20,21). The van der Waals surface area contributed by atoms with E-state index in [1.807, 2.05) is 18.4 Å². The second kappa shape index (κ2) is 5.86. The smallest absolute Gasteiger partial charge is 0.340 e. The van der Waals surface area contributed by atoms with Crippen LogP contribution in [0.1, 0.15) is 11.3 Å². The van der Waals surface area contributed by atoms with Gasteiger partial charge in [0.25, 0.3) is 0 Å². The van der Waals surface area contributed by atoms with Crippen LogP contribution in [0, 0.1) is 6.92 Å². The minimum Gasteiger partial charge on any atom is -0.340 e. The Hall–Kier alpha value is -1.87. The van der Waals surface area contributed by atoms with Gasteiger partial charge in [0, 0.05) is 16.2 Å². The van der Waals surface area contributed by atoms with Gasteiger partial charge in [-0.25, -0.2) is 10.8 Å². The molecule has 4 N–H and O–H groups in total. The summed E-state index contributed by atoms with van der Waals surface area (Å²) in [6.07, 6.45) is -4.58. The highest BCUT2D eigenvalue weighted by atomic mass is 79.9.